The molecule has 0 aliphatic heterocycles. The largest absolute Gasteiger partial charge is 0.303 e. The molecular weight excluding hydrogens is 322 g/mol. The van der Waals surface area contributed by atoms with Crippen molar-refractivity contribution in [2.24, 2.45) is 0 Å². The van der Waals surface area contributed by atoms with Gasteiger partial charge in [0.1, 0.15) is 5.65 Å². The molecule has 2 aromatic heterocycles. The molecule has 0 N–H and O–H groups in total. The Labute approximate surface area is 141 Å². The average molecular weight is 341 g/mol. The van der Waals surface area contributed by atoms with E-state index < -0.39 is 10.0 Å². The summed E-state index contributed by atoms with van der Waals surface area (Å²) in [6, 6.07) is 15.1. The van der Waals surface area contributed by atoms with Gasteiger partial charge in [0.15, 0.2) is 0 Å². The van der Waals surface area contributed by atoms with Gasteiger partial charge >= 0.3 is 0 Å². The van der Waals surface area contributed by atoms with E-state index in [-0.39, 0.29) is 6.54 Å². The van der Waals surface area contributed by atoms with Crippen LogP contribution in [0, 0.1) is 0 Å². The molecule has 0 aliphatic carbocycles. The van der Waals surface area contributed by atoms with E-state index in [0.29, 0.717) is 6.54 Å². The van der Waals surface area contributed by atoms with Crippen LogP contribution in [0.1, 0.15) is 18.2 Å². The Bertz CT molecular complexity index is 947. The molecule has 0 saturated carbocycles. The lowest BCUT2D eigenvalue weighted by molar-refractivity contribution is 0.425. The Morgan fingerprint density at radius 2 is 1.88 bits per heavy atom. The molecule has 3 aromatic rings. The molecule has 24 heavy (non-hydrogen) atoms. The third-order valence-electron chi connectivity index (χ3n) is 3.78. The van der Waals surface area contributed by atoms with Gasteiger partial charge in [-0.3, -0.25) is 0 Å². The van der Waals surface area contributed by atoms with E-state index >= 15 is 0 Å². The molecule has 0 unspecified atom stereocenters. The predicted octanol–water partition coefficient (Wildman–Crippen LogP) is 3.16. The molecule has 0 radical (unpaired) electrons. The highest BCUT2D eigenvalue weighted by molar-refractivity contribution is 7.92. The van der Waals surface area contributed by atoms with E-state index in [9.17, 15) is 8.42 Å². The van der Waals surface area contributed by atoms with Crippen molar-refractivity contribution in [3.8, 4) is 0 Å². The number of pyridine rings is 1. The Morgan fingerprint density at radius 1 is 1.12 bits per heavy atom. The van der Waals surface area contributed by atoms with Crippen molar-refractivity contribution in [1.29, 1.82) is 0 Å². The topological polar surface area (TPSA) is 54.7 Å². The summed E-state index contributed by atoms with van der Waals surface area (Å²) in [6.07, 6.45) is 5.22. The molecule has 6 heteroatoms. The number of aromatic nitrogens is 2. The fraction of sp³-hybridized carbons (Fsp3) is 0.167. The SMILES string of the molecule is CCN(Cc1cnc2ccccn12)S(=O)(=O)C=Cc1ccccc1. The first kappa shape index (κ1) is 16.4. The number of hydrogen-bond donors (Lipinski definition) is 0. The Balaban J connectivity index is 1.83. The van der Waals surface area contributed by atoms with Crippen LogP contribution >= 0.6 is 0 Å². The maximum atomic E-state index is 12.6. The third-order valence-corrected chi connectivity index (χ3v) is 5.36. The molecule has 0 fully saturated rings. The maximum absolute atomic E-state index is 12.6. The van der Waals surface area contributed by atoms with Crippen molar-refractivity contribution in [2.45, 2.75) is 13.5 Å². The van der Waals surface area contributed by atoms with E-state index in [1.54, 1.807) is 12.3 Å². The average Bonchev–Trinajstić information content (AvgIpc) is 3.02. The van der Waals surface area contributed by atoms with Crippen molar-refractivity contribution in [3.63, 3.8) is 0 Å². The zero-order valence-electron chi connectivity index (χ0n) is 13.4. The van der Waals surface area contributed by atoms with Gasteiger partial charge in [-0.25, -0.2) is 13.4 Å². The minimum absolute atomic E-state index is 0.281. The summed E-state index contributed by atoms with van der Waals surface area (Å²) in [5, 5.41) is 1.26. The summed E-state index contributed by atoms with van der Waals surface area (Å²) in [5.41, 5.74) is 2.50. The second-order valence-electron chi connectivity index (χ2n) is 5.36. The number of hydrogen-bond acceptors (Lipinski definition) is 3. The normalized spacial score (nSPS) is 12.4. The minimum atomic E-state index is -3.50. The van der Waals surface area contributed by atoms with Gasteiger partial charge in [0.2, 0.25) is 10.0 Å². The van der Waals surface area contributed by atoms with Crippen molar-refractivity contribution >= 4 is 21.7 Å². The smallest absolute Gasteiger partial charge is 0.236 e. The van der Waals surface area contributed by atoms with Gasteiger partial charge in [-0.1, -0.05) is 43.3 Å². The zero-order valence-corrected chi connectivity index (χ0v) is 14.2. The predicted molar refractivity (Wildman–Crippen MR) is 95.7 cm³/mol. The van der Waals surface area contributed by atoms with Gasteiger partial charge in [0.05, 0.1) is 18.4 Å². The molecular formula is C18H19N3O2S. The highest BCUT2D eigenvalue weighted by Crippen LogP contribution is 2.14. The van der Waals surface area contributed by atoms with Crippen LogP contribution in [-0.2, 0) is 16.6 Å². The summed E-state index contributed by atoms with van der Waals surface area (Å²) in [4.78, 5) is 4.31. The lowest BCUT2D eigenvalue weighted by Crippen LogP contribution is -2.29. The Hall–Kier alpha value is -2.44. The van der Waals surface area contributed by atoms with E-state index in [2.05, 4.69) is 4.98 Å². The highest BCUT2D eigenvalue weighted by Gasteiger charge is 2.19. The summed E-state index contributed by atoms with van der Waals surface area (Å²) in [5.74, 6) is 0. The quantitative estimate of drug-likeness (QED) is 0.692. The van der Waals surface area contributed by atoms with E-state index in [4.69, 9.17) is 0 Å². The van der Waals surface area contributed by atoms with Crippen LogP contribution < -0.4 is 0 Å². The molecule has 1 aromatic carbocycles. The second kappa shape index (κ2) is 6.98. The number of benzene rings is 1. The number of fused-ring (bicyclic) bond motifs is 1. The summed E-state index contributed by atoms with van der Waals surface area (Å²) in [6.45, 7) is 2.50. The van der Waals surface area contributed by atoms with Gasteiger partial charge in [-0.15, -0.1) is 0 Å². The zero-order chi connectivity index (χ0) is 17.0. The first-order valence-corrected chi connectivity index (χ1v) is 9.25. The molecule has 3 rings (SSSR count). The van der Waals surface area contributed by atoms with Crippen LogP contribution in [0.15, 0.2) is 66.3 Å². The molecule has 2 heterocycles. The van der Waals surface area contributed by atoms with Crippen LogP contribution in [0.25, 0.3) is 11.7 Å². The first-order valence-electron chi connectivity index (χ1n) is 7.74. The molecule has 0 atom stereocenters. The van der Waals surface area contributed by atoms with Crippen molar-refractivity contribution in [1.82, 2.24) is 13.7 Å². The van der Waals surface area contributed by atoms with Crippen LogP contribution in [0.2, 0.25) is 0 Å². The fourth-order valence-corrected chi connectivity index (χ4v) is 3.65. The van der Waals surface area contributed by atoms with Gasteiger partial charge in [-0.05, 0) is 23.8 Å². The fourth-order valence-electron chi connectivity index (χ4n) is 2.48. The molecule has 124 valence electrons. The molecule has 0 amide bonds. The van der Waals surface area contributed by atoms with E-state index in [1.165, 1.54) is 9.71 Å². The molecule has 0 aliphatic rings. The van der Waals surface area contributed by atoms with Gasteiger partial charge < -0.3 is 4.40 Å². The third kappa shape index (κ3) is 3.55. The van der Waals surface area contributed by atoms with E-state index in [0.717, 1.165) is 16.9 Å². The maximum Gasteiger partial charge on any atom is 0.236 e. The van der Waals surface area contributed by atoms with E-state index in [1.807, 2.05) is 66.1 Å². The highest BCUT2D eigenvalue weighted by atomic mass is 32.2. The van der Waals surface area contributed by atoms with Crippen LogP contribution in [0.5, 0.6) is 0 Å². The van der Waals surface area contributed by atoms with Gasteiger partial charge in [0, 0.05) is 18.1 Å². The Kier molecular flexibility index (Phi) is 4.78. The molecule has 0 bridgehead atoms. The molecule has 0 saturated heterocycles. The van der Waals surface area contributed by atoms with Crippen LogP contribution in [0.4, 0.5) is 0 Å². The number of nitrogens with zero attached hydrogens (tertiary/aromatic N) is 3. The monoisotopic (exact) mass is 341 g/mol. The lowest BCUT2D eigenvalue weighted by atomic mass is 10.2. The van der Waals surface area contributed by atoms with Crippen molar-refractivity contribution < 1.29 is 8.42 Å². The molecule has 0 spiro atoms. The van der Waals surface area contributed by atoms with Crippen molar-refractivity contribution in [2.75, 3.05) is 6.54 Å². The Morgan fingerprint density at radius 3 is 2.62 bits per heavy atom. The van der Waals surface area contributed by atoms with Crippen LogP contribution in [0.3, 0.4) is 0 Å². The second-order valence-corrected chi connectivity index (χ2v) is 7.18. The molecule has 5 nitrogen and oxygen atoms in total. The van der Waals surface area contributed by atoms with Gasteiger partial charge in [0.25, 0.3) is 0 Å². The van der Waals surface area contributed by atoms with Crippen molar-refractivity contribution in [3.05, 3.63) is 77.6 Å². The number of sulfonamides is 1. The number of imidazole rings is 1. The minimum Gasteiger partial charge on any atom is -0.303 e. The summed E-state index contributed by atoms with van der Waals surface area (Å²) in [7, 11) is -3.50. The first-order chi connectivity index (χ1) is 11.6. The summed E-state index contributed by atoms with van der Waals surface area (Å²) < 4.78 is 28.5. The van der Waals surface area contributed by atoms with Crippen LogP contribution in [-0.4, -0.2) is 28.7 Å². The standard InChI is InChI=1S/C18H19N3O2S/c1-2-20(15-17-14-19-18-10-6-7-12-21(17)18)24(22,23)13-11-16-8-4-3-5-9-16/h3-14H,2,15H2,1H3. The van der Waals surface area contributed by atoms with Gasteiger partial charge in [-0.2, -0.15) is 4.31 Å². The number of rotatable bonds is 6. The summed E-state index contributed by atoms with van der Waals surface area (Å²) >= 11 is 0. The lowest BCUT2D eigenvalue weighted by Gasteiger charge is -2.18.